The summed E-state index contributed by atoms with van der Waals surface area (Å²) >= 11 is 0. The highest BCUT2D eigenvalue weighted by Crippen LogP contribution is 2.06. The third-order valence-electron chi connectivity index (χ3n) is 1.85. The van der Waals surface area contributed by atoms with Crippen molar-refractivity contribution < 1.29 is 4.79 Å². The second kappa shape index (κ2) is 4.05. The van der Waals surface area contributed by atoms with Gasteiger partial charge in [-0.1, -0.05) is 36.8 Å². The lowest BCUT2D eigenvalue weighted by Gasteiger charge is -1.98. The molecule has 0 bridgehead atoms. The Kier molecular flexibility index (Phi) is 3.03. The molecule has 0 aliphatic rings. The van der Waals surface area contributed by atoms with Gasteiger partial charge in [0, 0.05) is 12.0 Å². The summed E-state index contributed by atoms with van der Waals surface area (Å²) in [5.41, 5.74) is 2.03. The number of benzene rings is 1. The van der Waals surface area contributed by atoms with E-state index in [4.69, 9.17) is 0 Å². The van der Waals surface area contributed by atoms with Crippen LogP contribution in [0.3, 0.4) is 0 Å². The molecule has 1 rings (SSSR count). The Morgan fingerprint density at radius 1 is 1.25 bits per heavy atom. The first-order chi connectivity index (χ1) is 5.74. The summed E-state index contributed by atoms with van der Waals surface area (Å²) in [6.07, 6.45) is 1.58. The van der Waals surface area contributed by atoms with E-state index in [1.54, 1.807) is 0 Å². The summed E-state index contributed by atoms with van der Waals surface area (Å²) in [7, 11) is 0. The van der Waals surface area contributed by atoms with Crippen LogP contribution in [0.25, 0.3) is 0 Å². The van der Waals surface area contributed by atoms with Crippen molar-refractivity contribution in [3.8, 4) is 0 Å². The molecule has 0 N–H and O–H groups in total. The van der Waals surface area contributed by atoms with Gasteiger partial charge in [0.1, 0.15) is 0 Å². The van der Waals surface area contributed by atoms with Gasteiger partial charge >= 0.3 is 0 Å². The van der Waals surface area contributed by atoms with Crippen LogP contribution in [-0.4, -0.2) is 5.78 Å². The van der Waals surface area contributed by atoms with Crippen molar-refractivity contribution >= 4 is 5.78 Å². The van der Waals surface area contributed by atoms with E-state index in [1.165, 1.54) is 5.56 Å². The van der Waals surface area contributed by atoms with Crippen molar-refractivity contribution in [1.82, 2.24) is 0 Å². The van der Waals surface area contributed by atoms with E-state index in [2.05, 4.69) is 0 Å². The SMILES string of the molecule is CCCC(=O)c1ccc(C)cc1. The molecule has 1 heteroatoms. The fourth-order valence-corrected chi connectivity index (χ4v) is 1.11. The molecule has 1 nitrogen and oxygen atoms in total. The third-order valence-corrected chi connectivity index (χ3v) is 1.85. The summed E-state index contributed by atoms with van der Waals surface area (Å²) in [4.78, 5) is 11.4. The Morgan fingerprint density at radius 3 is 2.33 bits per heavy atom. The normalized spacial score (nSPS) is 9.83. The van der Waals surface area contributed by atoms with Gasteiger partial charge in [-0.2, -0.15) is 0 Å². The summed E-state index contributed by atoms with van der Waals surface area (Å²) in [6, 6.07) is 7.74. The average molecular weight is 162 g/mol. The van der Waals surface area contributed by atoms with E-state index >= 15 is 0 Å². The molecule has 0 aromatic heterocycles. The van der Waals surface area contributed by atoms with Gasteiger partial charge in [-0.15, -0.1) is 0 Å². The molecule has 0 unspecified atom stereocenters. The van der Waals surface area contributed by atoms with Crippen molar-refractivity contribution in [3.05, 3.63) is 35.4 Å². The molecular weight excluding hydrogens is 148 g/mol. The largest absolute Gasteiger partial charge is 0.294 e. The summed E-state index contributed by atoms with van der Waals surface area (Å²) in [5.74, 6) is 0.248. The lowest BCUT2D eigenvalue weighted by atomic mass is 10.1. The van der Waals surface area contributed by atoms with Crippen LogP contribution in [0.2, 0.25) is 0 Å². The Hall–Kier alpha value is -1.11. The molecule has 0 radical (unpaired) electrons. The quantitative estimate of drug-likeness (QED) is 0.624. The van der Waals surface area contributed by atoms with E-state index in [0.29, 0.717) is 6.42 Å². The number of carbonyl (C=O) groups is 1. The number of hydrogen-bond acceptors (Lipinski definition) is 1. The van der Waals surface area contributed by atoms with Gasteiger partial charge in [-0.05, 0) is 13.3 Å². The topological polar surface area (TPSA) is 17.1 Å². The molecule has 0 amide bonds. The zero-order valence-electron chi connectivity index (χ0n) is 7.63. The molecule has 0 saturated heterocycles. The smallest absolute Gasteiger partial charge is 0.162 e. The number of hydrogen-bond donors (Lipinski definition) is 0. The first-order valence-corrected chi connectivity index (χ1v) is 4.34. The molecule has 0 aliphatic heterocycles. The van der Waals surface area contributed by atoms with E-state index in [0.717, 1.165) is 12.0 Å². The number of rotatable bonds is 3. The second-order valence-corrected chi connectivity index (χ2v) is 3.04. The maximum Gasteiger partial charge on any atom is 0.162 e. The number of ketones is 1. The van der Waals surface area contributed by atoms with Gasteiger partial charge in [0.2, 0.25) is 0 Å². The van der Waals surface area contributed by atoms with Gasteiger partial charge in [0.15, 0.2) is 5.78 Å². The molecule has 12 heavy (non-hydrogen) atoms. The summed E-state index contributed by atoms with van der Waals surface area (Å²) < 4.78 is 0. The predicted octanol–water partition coefficient (Wildman–Crippen LogP) is 2.98. The molecule has 0 heterocycles. The van der Waals surface area contributed by atoms with Crippen LogP contribution in [0.5, 0.6) is 0 Å². The molecule has 0 fully saturated rings. The fourth-order valence-electron chi connectivity index (χ4n) is 1.11. The van der Waals surface area contributed by atoms with E-state index in [1.807, 2.05) is 38.1 Å². The lowest BCUT2D eigenvalue weighted by molar-refractivity contribution is 0.0982. The van der Waals surface area contributed by atoms with Crippen molar-refractivity contribution in [2.24, 2.45) is 0 Å². The number of aryl methyl sites for hydroxylation is 1. The van der Waals surface area contributed by atoms with Gasteiger partial charge in [-0.3, -0.25) is 4.79 Å². The molecule has 64 valence electrons. The van der Waals surface area contributed by atoms with Crippen molar-refractivity contribution in [2.45, 2.75) is 26.7 Å². The zero-order chi connectivity index (χ0) is 8.97. The van der Waals surface area contributed by atoms with Crippen LogP contribution < -0.4 is 0 Å². The highest BCUT2D eigenvalue weighted by molar-refractivity contribution is 5.95. The van der Waals surface area contributed by atoms with Crippen LogP contribution >= 0.6 is 0 Å². The Balaban J connectivity index is 2.75. The monoisotopic (exact) mass is 162 g/mol. The summed E-state index contributed by atoms with van der Waals surface area (Å²) in [5, 5.41) is 0. The zero-order valence-corrected chi connectivity index (χ0v) is 7.63. The third kappa shape index (κ3) is 2.19. The van der Waals surface area contributed by atoms with Gasteiger partial charge in [-0.25, -0.2) is 0 Å². The maximum absolute atomic E-state index is 11.4. The number of carbonyl (C=O) groups excluding carboxylic acids is 1. The van der Waals surface area contributed by atoms with Crippen LogP contribution in [-0.2, 0) is 0 Å². The highest BCUT2D eigenvalue weighted by atomic mass is 16.1. The van der Waals surface area contributed by atoms with E-state index in [9.17, 15) is 4.79 Å². The van der Waals surface area contributed by atoms with Gasteiger partial charge in [0.05, 0.1) is 0 Å². The van der Waals surface area contributed by atoms with Crippen LogP contribution in [0.4, 0.5) is 0 Å². The van der Waals surface area contributed by atoms with Crippen LogP contribution in [0.15, 0.2) is 24.3 Å². The van der Waals surface area contributed by atoms with Crippen molar-refractivity contribution in [2.75, 3.05) is 0 Å². The molecule has 0 atom stereocenters. The Morgan fingerprint density at radius 2 is 1.83 bits per heavy atom. The first-order valence-electron chi connectivity index (χ1n) is 4.34. The van der Waals surface area contributed by atoms with Crippen LogP contribution in [0.1, 0.15) is 35.7 Å². The van der Waals surface area contributed by atoms with Crippen molar-refractivity contribution in [1.29, 1.82) is 0 Å². The Bertz CT molecular complexity index is 259. The molecule has 0 saturated carbocycles. The number of Topliss-reactive ketones (excluding diaryl/α,β-unsaturated/α-hetero) is 1. The van der Waals surface area contributed by atoms with Crippen LogP contribution in [0, 0.1) is 6.92 Å². The molecular formula is C11H14O. The molecule has 1 aromatic rings. The lowest BCUT2D eigenvalue weighted by Crippen LogP contribution is -1.97. The predicted molar refractivity (Wildman–Crippen MR) is 50.4 cm³/mol. The van der Waals surface area contributed by atoms with E-state index < -0.39 is 0 Å². The Labute approximate surface area is 73.4 Å². The average Bonchev–Trinajstić information content (AvgIpc) is 2.06. The minimum absolute atomic E-state index is 0.248. The summed E-state index contributed by atoms with van der Waals surface area (Å²) in [6.45, 7) is 4.04. The fraction of sp³-hybridized carbons (Fsp3) is 0.364. The van der Waals surface area contributed by atoms with Gasteiger partial charge < -0.3 is 0 Å². The minimum Gasteiger partial charge on any atom is -0.294 e. The molecule has 0 spiro atoms. The second-order valence-electron chi connectivity index (χ2n) is 3.04. The molecule has 1 aromatic carbocycles. The minimum atomic E-state index is 0.248. The molecule has 0 aliphatic carbocycles. The van der Waals surface area contributed by atoms with E-state index in [-0.39, 0.29) is 5.78 Å². The van der Waals surface area contributed by atoms with Gasteiger partial charge in [0.25, 0.3) is 0 Å². The first kappa shape index (κ1) is 8.98. The standard InChI is InChI=1S/C11H14O/c1-3-4-11(12)10-7-5-9(2)6-8-10/h5-8H,3-4H2,1-2H3. The highest BCUT2D eigenvalue weighted by Gasteiger charge is 2.02. The van der Waals surface area contributed by atoms with Crippen molar-refractivity contribution in [3.63, 3.8) is 0 Å². The maximum atomic E-state index is 11.4.